The summed E-state index contributed by atoms with van der Waals surface area (Å²) in [6.45, 7) is 5.94. The lowest BCUT2D eigenvalue weighted by Crippen LogP contribution is -2.28. The van der Waals surface area contributed by atoms with E-state index in [0.29, 0.717) is 17.9 Å². The summed E-state index contributed by atoms with van der Waals surface area (Å²) in [4.78, 5) is 0.163. The smallest absolute Gasteiger partial charge is 0.240 e. The predicted octanol–water partition coefficient (Wildman–Crippen LogP) is 3.87. The van der Waals surface area contributed by atoms with Gasteiger partial charge in [0, 0.05) is 6.54 Å². The maximum absolute atomic E-state index is 12.7. The van der Waals surface area contributed by atoms with Crippen molar-refractivity contribution in [2.24, 2.45) is 0 Å². The Morgan fingerprint density at radius 2 is 1.68 bits per heavy atom. The zero-order chi connectivity index (χ0) is 20.3. The van der Waals surface area contributed by atoms with E-state index in [1.807, 2.05) is 63.2 Å². The maximum Gasteiger partial charge on any atom is 0.240 e. The molecule has 0 aliphatic heterocycles. The van der Waals surface area contributed by atoms with E-state index in [0.717, 1.165) is 21.9 Å². The normalized spacial score (nSPS) is 12.9. The number of aliphatic hydroxyl groups is 1. The first-order valence-electron chi connectivity index (χ1n) is 9.23. The van der Waals surface area contributed by atoms with Crippen LogP contribution in [0.2, 0.25) is 0 Å². The third-order valence-electron chi connectivity index (χ3n) is 4.68. The molecule has 0 spiro atoms. The number of fused-ring (bicyclic) bond motifs is 1. The first-order chi connectivity index (χ1) is 13.3. The largest absolute Gasteiger partial charge is 0.493 e. The van der Waals surface area contributed by atoms with E-state index >= 15 is 0 Å². The van der Waals surface area contributed by atoms with Crippen LogP contribution in [0.4, 0.5) is 0 Å². The van der Waals surface area contributed by atoms with E-state index in [1.165, 1.54) is 0 Å². The molecule has 3 aromatic rings. The summed E-state index contributed by atoms with van der Waals surface area (Å²) >= 11 is 0. The van der Waals surface area contributed by atoms with Gasteiger partial charge in [0.05, 0.1) is 17.6 Å². The number of hydrogen-bond acceptors (Lipinski definition) is 4. The molecule has 5 nitrogen and oxygen atoms in total. The number of benzene rings is 3. The summed E-state index contributed by atoms with van der Waals surface area (Å²) in [7, 11) is -3.76. The van der Waals surface area contributed by atoms with E-state index in [1.54, 1.807) is 12.1 Å². The lowest BCUT2D eigenvalue weighted by Gasteiger charge is -2.16. The molecule has 3 rings (SSSR count). The molecule has 0 saturated carbocycles. The Morgan fingerprint density at radius 1 is 1.04 bits per heavy atom. The summed E-state index contributed by atoms with van der Waals surface area (Å²) < 4.78 is 33.6. The van der Waals surface area contributed by atoms with Crippen molar-refractivity contribution in [3.63, 3.8) is 0 Å². The fourth-order valence-electron chi connectivity index (χ4n) is 3.36. The highest BCUT2D eigenvalue weighted by molar-refractivity contribution is 7.89. The van der Waals surface area contributed by atoms with Gasteiger partial charge >= 0.3 is 0 Å². The van der Waals surface area contributed by atoms with E-state index in [2.05, 4.69) is 4.72 Å². The monoisotopic (exact) mass is 399 g/mol. The van der Waals surface area contributed by atoms with Crippen LogP contribution in [0, 0.1) is 13.8 Å². The van der Waals surface area contributed by atoms with Gasteiger partial charge in [-0.2, -0.15) is 0 Å². The molecule has 0 aliphatic carbocycles. The van der Waals surface area contributed by atoms with Crippen LogP contribution in [0.25, 0.3) is 10.8 Å². The van der Waals surface area contributed by atoms with Crippen molar-refractivity contribution in [3.05, 3.63) is 71.3 Å². The van der Waals surface area contributed by atoms with Gasteiger partial charge in [0.1, 0.15) is 5.75 Å². The van der Waals surface area contributed by atoms with Crippen molar-refractivity contribution < 1.29 is 18.3 Å². The van der Waals surface area contributed by atoms with Crippen molar-refractivity contribution in [1.29, 1.82) is 0 Å². The minimum Gasteiger partial charge on any atom is -0.493 e. The topological polar surface area (TPSA) is 75.6 Å². The Hall–Kier alpha value is -2.41. The van der Waals surface area contributed by atoms with Gasteiger partial charge < -0.3 is 9.84 Å². The number of aliphatic hydroxyl groups excluding tert-OH is 1. The minimum absolute atomic E-state index is 0.109. The number of rotatable bonds is 7. The molecule has 0 bridgehead atoms. The molecule has 0 fully saturated rings. The summed E-state index contributed by atoms with van der Waals surface area (Å²) in [6, 6.07) is 16.5. The molecule has 2 N–H and O–H groups in total. The van der Waals surface area contributed by atoms with Crippen LogP contribution in [0.5, 0.6) is 5.75 Å². The SMILES string of the molecule is CCOc1c(C)cc(S(=O)(=O)NCC(O)c2cccc3ccccc23)cc1C. The summed E-state index contributed by atoms with van der Waals surface area (Å²) in [5, 5.41) is 12.5. The van der Waals surface area contributed by atoms with Crippen LogP contribution >= 0.6 is 0 Å². The fourth-order valence-corrected chi connectivity index (χ4v) is 4.57. The third kappa shape index (κ3) is 4.19. The Balaban J connectivity index is 1.81. The van der Waals surface area contributed by atoms with E-state index in [-0.39, 0.29) is 11.4 Å². The van der Waals surface area contributed by atoms with E-state index < -0.39 is 16.1 Å². The molecular weight excluding hydrogens is 374 g/mol. The molecule has 0 saturated heterocycles. The average molecular weight is 400 g/mol. The second-order valence-electron chi connectivity index (χ2n) is 6.76. The van der Waals surface area contributed by atoms with Gasteiger partial charge in [-0.25, -0.2) is 13.1 Å². The predicted molar refractivity (Wildman–Crippen MR) is 111 cm³/mol. The lowest BCUT2D eigenvalue weighted by molar-refractivity contribution is 0.183. The number of ether oxygens (including phenoxy) is 1. The van der Waals surface area contributed by atoms with Crippen molar-refractivity contribution in [3.8, 4) is 5.75 Å². The van der Waals surface area contributed by atoms with Crippen LogP contribution < -0.4 is 9.46 Å². The van der Waals surface area contributed by atoms with Gasteiger partial charge in [0.2, 0.25) is 10.0 Å². The number of nitrogens with one attached hydrogen (secondary N) is 1. The highest BCUT2D eigenvalue weighted by atomic mass is 32.2. The van der Waals surface area contributed by atoms with Crippen LogP contribution in [0.3, 0.4) is 0 Å². The first kappa shape index (κ1) is 20.3. The molecule has 1 atom stereocenters. The van der Waals surface area contributed by atoms with Gasteiger partial charge in [0.25, 0.3) is 0 Å². The standard InChI is InChI=1S/C22H25NO4S/c1-4-27-22-15(2)12-18(13-16(22)3)28(25,26)23-14-21(24)20-11-7-9-17-8-5-6-10-19(17)20/h5-13,21,23-24H,4,14H2,1-3H3. The van der Waals surface area contributed by atoms with Gasteiger partial charge in [-0.15, -0.1) is 0 Å². The van der Waals surface area contributed by atoms with Gasteiger partial charge in [-0.1, -0.05) is 42.5 Å². The number of aryl methyl sites for hydroxylation is 2. The summed E-state index contributed by atoms with van der Waals surface area (Å²) in [5.41, 5.74) is 2.22. The van der Waals surface area contributed by atoms with Crippen LogP contribution in [0.1, 0.15) is 29.7 Å². The van der Waals surface area contributed by atoms with Gasteiger partial charge in [0.15, 0.2) is 0 Å². The second kappa shape index (κ2) is 8.31. The Bertz CT molecular complexity index is 1060. The lowest BCUT2D eigenvalue weighted by atomic mass is 10.0. The Morgan fingerprint density at radius 3 is 2.36 bits per heavy atom. The Kier molecular flexibility index (Phi) is 6.03. The van der Waals surface area contributed by atoms with Crippen molar-refractivity contribution in [2.45, 2.75) is 31.8 Å². The van der Waals surface area contributed by atoms with Crippen molar-refractivity contribution in [1.82, 2.24) is 4.72 Å². The molecule has 3 aromatic carbocycles. The highest BCUT2D eigenvalue weighted by Crippen LogP contribution is 2.28. The van der Waals surface area contributed by atoms with Crippen molar-refractivity contribution in [2.75, 3.05) is 13.2 Å². The van der Waals surface area contributed by atoms with Gasteiger partial charge in [-0.05, 0) is 60.4 Å². The van der Waals surface area contributed by atoms with Gasteiger partial charge in [-0.3, -0.25) is 0 Å². The molecule has 6 heteroatoms. The molecule has 0 aliphatic rings. The number of sulfonamides is 1. The molecule has 28 heavy (non-hydrogen) atoms. The number of hydrogen-bond donors (Lipinski definition) is 2. The van der Waals surface area contributed by atoms with Crippen LogP contribution in [0.15, 0.2) is 59.5 Å². The van der Waals surface area contributed by atoms with E-state index in [9.17, 15) is 13.5 Å². The third-order valence-corrected chi connectivity index (χ3v) is 6.08. The molecule has 0 aromatic heterocycles. The maximum atomic E-state index is 12.7. The molecular formula is C22H25NO4S. The molecule has 0 heterocycles. The minimum atomic E-state index is -3.76. The molecule has 148 valence electrons. The molecule has 0 radical (unpaired) electrons. The quantitative estimate of drug-likeness (QED) is 0.632. The van der Waals surface area contributed by atoms with Crippen LogP contribution in [-0.2, 0) is 10.0 Å². The second-order valence-corrected chi connectivity index (χ2v) is 8.52. The zero-order valence-corrected chi connectivity index (χ0v) is 17.1. The average Bonchev–Trinajstić information content (AvgIpc) is 2.68. The summed E-state index contributed by atoms with van der Waals surface area (Å²) in [6.07, 6.45) is -0.953. The van der Waals surface area contributed by atoms with E-state index in [4.69, 9.17) is 4.74 Å². The summed E-state index contributed by atoms with van der Waals surface area (Å²) in [5.74, 6) is 0.706. The molecule has 0 amide bonds. The first-order valence-corrected chi connectivity index (χ1v) is 10.7. The fraction of sp³-hybridized carbons (Fsp3) is 0.273. The zero-order valence-electron chi connectivity index (χ0n) is 16.3. The Labute approximate surface area is 166 Å². The van der Waals surface area contributed by atoms with Crippen LogP contribution in [-0.4, -0.2) is 26.7 Å². The van der Waals surface area contributed by atoms with Crippen molar-refractivity contribution >= 4 is 20.8 Å². The molecule has 1 unspecified atom stereocenters. The highest BCUT2D eigenvalue weighted by Gasteiger charge is 2.20.